The van der Waals surface area contributed by atoms with Crippen molar-refractivity contribution >= 4 is 74.0 Å². The van der Waals surface area contributed by atoms with Gasteiger partial charge in [-0.05, 0) is 57.5 Å². The first kappa shape index (κ1) is 39.2. The van der Waals surface area contributed by atoms with E-state index in [1.165, 1.54) is 28.4 Å². The number of carbonyl (C=O) groups is 3. The number of halogens is 2. The Hall–Kier alpha value is -5.05. The van der Waals surface area contributed by atoms with Gasteiger partial charge >= 0.3 is 13.3 Å². The van der Waals surface area contributed by atoms with Crippen molar-refractivity contribution in [3.63, 3.8) is 0 Å². The molecule has 4 N–H and O–H groups in total. The molecule has 7 rings (SSSR count). The molecule has 1 fully saturated rings. The number of nitrogens with zero attached hydrogens (tertiary/aromatic N) is 2. The molecule has 1 saturated heterocycles. The van der Waals surface area contributed by atoms with E-state index >= 15 is 0 Å². The summed E-state index contributed by atoms with van der Waals surface area (Å²) in [5, 5.41) is 8.22. The van der Waals surface area contributed by atoms with Gasteiger partial charge in [0.05, 0.1) is 16.3 Å². The highest BCUT2D eigenvalue weighted by atomic mass is 32.1. The first-order valence-corrected chi connectivity index (χ1v) is 20.8. The number of hydrogen-bond donors (Lipinski definition) is 4. The zero-order chi connectivity index (χ0) is 40.0. The highest BCUT2D eigenvalue weighted by Crippen LogP contribution is 2.59. The molecular weight excluding hydrogens is 782 g/mol. The second-order valence-electron chi connectivity index (χ2n) is 14.6. The van der Waals surface area contributed by atoms with E-state index in [9.17, 15) is 37.5 Å². The Labute approximate surface area is 328 Å². The molecule has 6 aromatic rings. The third kappa shape index (κ3) is 8.09. The predicted molar refractivity (Wildman–Crippen MR) is 213 cm³/mol. The van der Waals surface area contributed by atoms with Crippen molar-refractivity contribution in [1.29, 1.82) is 0 Å². The van der Waals surface area contributed by atoms with Crippen LogP contribution >= 0.6 is 30.3 Å². The van der Waals surface area contributed by atoms with Crippen LogP contribution in [0.25, 0.3) is 31.3 Å². The van der Waals surface area contributed by atoms with Crippen LogP contribution in [-0.4, -0.2) is 62.1 Å². The average Bonchev–Trinajstić information content (AvgIpc) is 3.91. The molecule has 56 heavy (non-hydrogen) atoms. The quantitative estimate of drug-likeness (QED) is 0.101. The van der Waals surface area contributed by atoms with Gasteiger partial charge in [-0.15, -0.1) is 11.3 Å². The van der Waals surface area contributed by atoms with Gasteiger partial charge in [0.2, 0.25) is 11.8 Å². The number of benzene rings is 4. The number of amides is 3. The standard InChI is InChI=1S/C40H37F2N4O7PS2/c1-39(2,3)34(44-36(48)32-19-26-17-27(14-16-31(26)55-32)40(41,42)54(50,51)52)37(49)46-22-29(53-28-15-13-23-9-7-8-12-25(23)18-28)20-30(46)35(47)45-38-43-21-33(56-38)24-10-5-4-6-11-24/h4-19,21,29-30,34H,20,22H2,1-3H3,(H,44,48)(H,43,45,47)(H2,50,51,52)/t29-,30-,34+/m0/s1. The molecule has 2 aromatic heterocycles. The van der Waals surface area contributed by atoms with E-state index in [1.54, 1.807) is 27.0 Å². The second-order valence-corrected chi connectivity index (χ2v) is 18.4. The maximum Gasteiger partial charge on any atom is 0.399 e. The van der Waals surface area contributed by atoms with Gasteiger partial charge < -0.3 is 30.1 Å². The van der Waals surface area contributed by atoms with Crippen LogP contribution in [0.4, 0.5) is 13.9 Å². The van der Waals surface area contributed by atoms with E-state index < -0.39 is 60.1 Å². The first-order chi connectivity index (χ1) is 26.5. The molecule has 1 aliphatic heterocycles. The van der Waals surface area contributed by atoms with Gasteiger partial charge in [0.1, 0.15) is 23.9 Å². The van der Waals surface area contributed by atoms with Crippen LogP contribution in [0.1, 0.15) is 42.4 Å². The van der Waals surface area contributed by atoms with E-state index in [4.69, 9.17) is 4.74 Å². The number of thiazole rings is 1. The summed E-state index contributed by atoms with van der Waals surface area (Å²) in [5.41, 5.74) is -5.24. The molecule has 0 radical (unpaired) electrons. The van der Waals surface area contributed by atoms with Crippen molar-refractivity contribution in [2.75, 3.05) is 11.9 Å². The molecule has 16 heteroatoms. The number of carbonyl (C=O) groups excluding carboxylic acids is 3. The highest BCUT2D eigenvalue weighted by molar-refractivity contribution is 7.52. The van der Waals surface area contributed by atoms with Crippen LogP contribution in [-0.2, 0) is 19.8 Å². The summed E-state index contributed by atoms with van der Waals surface area (Å²) >= 11 is 2.27. The number of fused-ring (bicyclic) bond motifs is 2. The fraction of sp³-hybridized carbons (Fsp3) is 0.250. The summed E-state index contributed by atoms with van der Waals surface area (Å²) in [4.78, 5) is 67.6. The monoisotopic (exact) mass is 818 g/mol. The number of thiophene rings is 1. The summed E-state index contributed by atoms with van der Waals surface area (Å²) in [6, 6.07) is 25.4. The number of rotatable bonds is 10. The van der Waals surface area contributed by atoms with Gasteiger partial charge in [-0.1, -0.05) is 98.8 Å². The average molecular weight is 819 g/mol. The Morgan fingerprint density at radius 1 is 0.911 bits per heavy atom. The largest absolute Gasteiger partial charge is 0.488 e. The highest BCUT2D eigenvalue weighted by Gasteiger charge is 2.50. The minimum atomic E-state index is -5.81. The lowest BCUT2D eigenvalue weighted by Crippen LogP contribution is -2.57. The van der Waals surface area contributed by atoms with Gasteiger partial charge in [-0.3, -0.25) is 18.9 Å². The van der Waals surface area contributed by atoms with E-state index in [0.29, 0.717) is 15.6 Å². The SMILES string of the molecule is CC(C)(C)[C@H](NC(=O)c1cc2cc(C(F)(F)P(=O)(O)O)ccc2s1)C(=O)N1C[C@@H](Oc2ccc3ccccc3c2)C[C@H]1C(=O)Nc1ncc(-c2ccccc2)s1. The molecule has 0 saturated carbocycles. The maximum atomic E-state index is 14.6. The number of alkyl halides is 2. The van der Waals surface area contributed by atoms with Crippen molar-refractivity contribution in [2.45, 2.75) is 51.0 Å². The maximum absolute atomic E-state index is 14.6. The number of anilines is 1. The Balaban J connectivity index is 1.15. The Morgan fingerprint density at radius 3 is 2.34 bits per heavy atom. The van der Waals surface area contributed by atoms with E-state index in [1.807, 2.05) is 72.8 Å². The molecule has 3 atom stereocenters. The molecule has 0 aliphatic carbocycles. The zero-order valence-corrected chi connectivity index (χ0v) is 32.8. The van der Waals surface area contributed by atoms with Gasteiger partial charge in [0, 0.05) is 22.9 Å². The summed E-state index contributed by atoms with van der Waals surface area (Å²) in [5.74, 6) is -1.09. The van der Waals surface area contributed by atoms with Crippen LogP contribution in [0, 0.1) is 5.41 Å². The van der Waals surface area contributed by atoms with Crippen LogP contribution in [0.2, 0.25) is 0 Å². The van der Waals surface area contributed by atoms with Crippen LogP contribution in [0.15, 0.2) is 103 Å². The summed E-state index contributed by atoms with van der Waals surface area (Å²) < 4.78 is 47.2. The van der Waals surface area contributed by atoms with Crippen molar-refractivity contribution < 1.29 is 42.3 Å². The lowest BCUT2D eigenvalue weighted by atomic mass is 9.85. The Morgan fingerprint density at radius 2 is 1.62 bits per heavy atom. The number of ether oxygens (including phenoxy) is 1. The molecular formula is C40H37F2N4O7PS2. The van der Waals surface area contributed by atoms with E-state index in [2.05, 4.69) is 15.6 Å². The number of likely N-dealkylation sites (tertiary alicyclic amines) is 1. The van der Waals surface area contributed by atoms with Crippen LogP contribution in [0.3, 0.4) is 0 Å². The van der Waals surface area contributed by atoms with Gasteiger partial charge in [0.25, 0.3) is 5.91 Å². The minimum absolute atomic E-state index is 0.0405. The fourth-order valence-corrected chi connectivity index (χ4v) is 8.84. The topological polar surface area (TPSA) is 158 Å². The predicted octanol–water partition coefficient (Wildman–Crippen LogP) is 8.24. The van der Waals surface area contributed by atoms with E-state index in [-0.39, 0.29) is 23.2 Å². The van der Waals surface area contributed by atoms with E-state index in [0.717, 1.165) is 44.7 Å². The Bertz CT molecular complexity index is 2500. The van der Waals surface area contributed by atoms with Crippen LogP contribution < -0.4 is 15.4 Å². The first-order valence-electron chi connectivity index (χ1n) is 17.5. The van der Waals surface area contributed by atoms with Crippen molar-refractivity contribution in [3.8, 4) is 16.2 Å². The second kappa shape index (κ2) is 15.1. The normalized spacial score (nSPS) is 16.9. The number of hydrogen-bond acceptors (Lipinski definition) is 8. The summed E-state index contributed by atoms with van der Waals surface area (Å²) in [7, 11) is -5.81. The van der Waals surface area contributed by atoms with Crippen molar-refractivity contribution in [3.05, 3.63) is 114 Å². The minimum Gasteiger partial charge on any atom is -0.488 e. The molecule has 1 aliphatic rings. The molecule has 11 nitrogen and oxygen atoms in total. The molecule has 0 unspecified atom stereocenters. The lowest BCUT2D eigenvalue weighted by Gasteiger charge is -2.35. The van der Waals surface area contributed by atoms with Gasteiger partial charge in [0.15, 0.2) is 5.13 Å². The zero-order valence-electron chi connectivity index (χ0n) is 30.3. The number of aromatic nitrogens is 1. The van der Waals surface area contributed by atoms with Gasteiger partial charge in [-0.25, -0.2) is 4.98 Å². The fourth-order valence-electron chi connectivity index (χ4n) is 6.59. The molecule has 0 bridgehead atoms. The molecule has 3 heterocycles. The molecule has 4 aromatic carbocycles. The summed E-state index contributed by atoms with van der Waals surface area (Å²) in [6.07, 6.45) is 1.25. The third-order valence-corrected chi connectivity index (χ3v) is 12.6. The van der Waals surface area contributed by atoms with Crippen molar-refractivity contribution in [1.82, 2.24) is 15.2 Å². The van der Waals surface area contributed by atoms with Crippen LogP contribution in [0.5, 0.6) is 5.75 Å². The van der Waals surface area contributed by atoms with Crippen molar-refractivity contribution in [2.24, 2.45) is 5.41 Å². The van der Waals surface area contributed by atoms with Gasteiger partial charge in [-0.2, -0.15) is 8.78 Å². The molecule has 0 spiro atoms. The smallest absolute Gasteiger partial charge is 0.399 e. The third-order valence-electron chi connectivity index (χ3n) is 9.51. The molecule has 290 valence electrons. The number of nitrogens with one attached hydrogen (secondary N) is 2. The lowest BCUT2D eigenvalue weighted by molar-refractivity contribution is -0.140. The molecule has 3 amide bonds. The summed E-state index contributed by atoms with van der Waals surface area (Å²) in [6.45, 7) is 5.35. The Kier molecular flexibility index (Phi) is 10.6.